The zero-order valence-electron chi connectivity index (χ0n) is 20.2. The number of likely N-dealkylation sites (tertiary alicyclic amines) is 1. The van der Waals surface area contributed by atoms with Crippen molar-refractivity contribution in [2.24, 2.45) is 5.41 Å². The van der Waals surface area contributed by atoms with Crippen molar-refractivity contribution in [1.82, 2.24) is 15.1 Å². The summed E-state index contributed by atoms with van der Waals surface area (Å²) in [6.07, 6.45) is 1.80. The standard InChI is InChI=1S/C26H33FN4O4/c1-2-29-23(33)25-8-11-26(12-9-25,13-10-25)31(24(34)35-18-19-6-4-3-5-7-19)17-22(32)30-16-20(27)14-21(30)15-28/h3-7,20-21H,2,8-14,16-18H2,1H3,(H,29,33)/t20-,21-,25?,26?/m0/s1. The zero-order valence-corrected chi connectivity index (χ0v) is 20.2. The number of amides is 3. The molecule has 1 aliphatic heterocycles. The van der Waals surface area contributed by atoms with Crippen molar-refractivity contribution < 1.29 is 23.5 Å². The highest BCUT2D eigenvalue weighted by molar-refractivity contribution is 5.85. The largest absolute Gasteiger partial charge is 0.445 e. The second kappa shape index (κ2) is 10.2. The van der Waals surface area contributed by atoms with Gasteiger partial charge in [0.1, 0.15) is 25.4 Å². The monoisotopic (exact) mass is 484 g/mol. The van der Waals surface area contributed by atoms with Gasteiger partial charge in [-0.25, -0.2) is 9.18 Å². The fourth-order valence-corrected chi connectivity index (χ4v) is 5.89. The maximum atomic E-state index is 14.0. The molecular formula is C26H33FN4O4. The lowest BCUT2D eigenvalue weighted by Gasteiger charge is -2.56. The van der Waals surface area contributed by atoms with Crippen LogP contribution in [0.15, 0.2) is 30.3 Å². The summed E-state index contributed by atoms with van der Waals surface area (Å²) in [6, 6.07) is 10.5. The van der Waals surface area contributed by atoms with Crippen LogP contribution in [0.1, 0.15) is 57.4 Å². The van der Waals surface area contributed by atoms with Crippen LogP contribution in [0.3, 0.4) is 0 Å². The quantitative estimate of drug-likeness (QED) is 0.640. The molecule has 1 aromatic carbocycles. The van der Waals surface area contributed by atoms with Crippen molar-refractivity contribution in [3.63, 3.8) is 0 Å². The number of benzene rings is 1. The van der Waals surface area contributed by atoms with Gasteiger partial charge in [0.2, 0.25) is 11.8 Å². The van der Waals surface area contributed by atoms with Crippen LogP contribution in [0.5, 0.6) is 0 Å². The topological polar surface area (TPSA) is 103 Å². The number of nitrogens with one attached hydrogen (secondary N) is 1. The molecule has 1 N–H and O–H groups in total. The third kappa shape index (κ3) is 4.97. The van der Waals surface area contributed by atoms with Crippen LogP contribution in [0.4, 0.5) is 9.18 Å². The Morgan fingerprint density at radius 2 is 1.83 bits per heavy atom. The molecule has 3 amide bonds. The molecule has 0 aromatic heterocycles. The molecule has 3 aliphatic carbocycles. The number of carbonyl (C=O) groups is 3. The van der Waals surface area contributed by atoms with Gasteiger partial charge in [0, 0.05) is 23.9 Å². The van der Waals surface area contributed by atoms with Gasteiger partial charge >= 0.3 is 6.09 Å². The van der Waals surface area contributed by atoms with Crippen molar-refractivity contribution in [2.45, 2.75) is 76.2 Å². The summed E-state index contributed by atoms with van der Waals surface area (Å²) in [4.78, 5) is 42.1. The highest BCUT2D eigenvalue weighted by atomic mass is 19.1. The summed E-state index contributed by atoms with van der Waals surface area (Å²) in [5.41, 5.74) is -0.199. The average Bonchev–Trinajstić information content (AvgIpc) is 3.28. The molecule has 0 unspecified atom stereocenters. The number of rotatable bonds is 7. The van der Waals surface area contributed by atoms with Crippen molar-refractivity contribution in [1.29, 1.82) is 5.26 Å². The summed E-state index contributed by atoms with van der Waals surface area (Å²) in [5, 5.41) is 12.3. The summed E-state index contributed by atoms with van der Waals surface area (Å²) < 4.78 is 19.6. The number of halogens is 1. The molecule has 1 heterocycles. The van der Waals surface area contributed by atoms with E-state index in [1.165, 1.54) is 9.80 Å². The molecule has 0 spiro atoms. The Balaban J connectivity index is 1.53. The maximum absolute atomic E-state index is 14.0. The first-order valence-electron chi connectivity index (χ1n) is 12.4. The van der Waals surface area contributed by atoms with E-state index in [0.29, 0.717) is 45.1 Å². The summed E-state index contributed by atoms with van der Waals surface area (Å²) in [5.74, 6) is -0.389. The SMILES string of the molecule is CCNC(=O)C12CCC(N(CC(=O)N3C[C@@H](F)C[C@H]3C#N)C(=O)OCc3ccccc3)(CC1)CC2. The minimum atomic E-state index is -1.25. The molecule has 3 saturated carbocycles. The van der Waals surface area contributed by atoms with Gasteiger partial charge in [-0.05, 0) is 51.0 Å². The first-order chi connectivity index (χ1) is 16.8. The Morgan fingerprint density at radius 3 is 2.43 bits per heavy atom. The van der Waals surface area contributed by atoms with E-state index in [9.17, 15) is 24.0 Å². The molecule has 5 rings (SSSR count). The Bertz CT molecular complexity index is 970. The Labute approximate surface area is 205 Å². The first kappa shape index (κ1) is 25.0. The minimum absolute atomic E-state index is 0.0130. The number of ether oxygens (including phenoxy) is 1. The highest BCUT2D eigenvalue weighted by Gasteiger charge is 2.56. The van der Waals surface area contributed by atoms with Crippen LogP contribution in [0.2, 0.25) is 0 Å². The van der Waals surface area contributed by atoms with Gasteiger partial charge in [0.05, 0.1) is 12.6 Å². The molecule has 1 saturated heterocycles. The lowest BCUT2D eigenvalue weighted by Crippen LogP contribution is -2.63. The van der Waals surface area contributed by atoms with E-state index in [2.05, 4.69) is 5.32 Å². The van der Waals surface area contributed by atoms with E-state index in [4.69, 9.17) is 4.74 Å². The van der Waals surface area contributed by atoms with Gasteiger partial charge < -0.3 is 15.0 Å². The summed E-state index contributed by atoms with van der Waals surface area (Å²) in [7, 11) is 0. The number of carbonyl (C=O) groups excluding carboxylic acids is 3. The van der Waals surface area contributed by atoms with Crippen LogP contribution in [0, 0.1) is 16.7 Å². The number of fused-ring (bicyclic) bond motifs is 3. The second-order valence-corrected chi connectivity index (χ2v) is 10.0. The fraction of sp³-hybridized carbons (Fsp3) is 0.615. The Morgan fingerprint density at radius 1 is 1.17 bits per heavy atom. The van der Waals surface area contributed by atoms with Crippen LogP contribution in [0.25, 0.3) is 0 Å². The number of nitriles is 1. The molecule has 8 nitrogen and oxygen atoms in total. The van der Waals surface area contributed by atoms with E-state index in [1.54, 1.807) is 0 Å². The zero-order chi connectivity index (χ0) is 25.1. The van der Waals surface area contributed by atoms with Crippen molar-refractivity contribution >= 4 is 17.9 Å². The fourth-order valence-electron chi connectivity index (χ4n) is 5.89. The number of hydrogen-bond acceptors (Lipinski definition) is 5. The smallest absolute Gasteiger partial charge is 0.411 e. The molecule has 188 valence electrons. The van der Waals surface area contributed by atoms with Gasteiger partial charge in [-0.15, -0.1) is 0 Å². The highest BCUT2D eigenvalue weighted by Crippen LogP contribution is 2.55. The van der Waals surface area contributed by atoms with Crippen LogP contribution >= 0.6 is 0 Å². The maximum Gasteiger partial charge on any atom is 0.411 e. The Hall–Kier alpha value is -3.15. The second-order valence-electron chi connectivity index (χ2n) is 10.0. The van der Waals surface area contributed by atoms with E-state index >= 15 is 0 Å². The van der Waals surface area contributed by atoms with E-state index in [1.807, 2.05) is 43.3 Å². The van der Waals surface area contributed by atoms with Gasteiger partial charge in [-0.1, -0.05) is 30.3 Å². The Kier molecular flexibility index (Phi) is 7.29. The van der Waals surface area contributed by atoms with Crippen molar-refractivity contribution in [3.05, 3.63) is 35.9 Å². The lowest BCUT2D eigenvalue weighted by atomic mass is 9.56. The molecule has 2 atom stereocenters. The number of alkyl halides is 1. The molecule has 2 bridgehead atoms. The van der Waals surface area contributed by atoms with Gasteiger partial charge in [0.15, 0.2) is 0 Å². The number of nitrogens with zero attached hydrogens (tertiary/aromatic N) is 3. The minimum Gasteiger partial charge on any atom is -0.445 e. The molecule has 35 heavy (non-hydrogen) atoms. The average molecular weight is 485 g/mol. The third-order valence-electron chi connectivity index (χ3n) is 8.04. The molecule has 4 aliphatic rings. The normalized spacial score (nSPS) is 29.3. The van der Waals surface area contributed by atoms with Crippen molar-refractivity contribution in [3.8, 4) is 6.07 Å². The van der Waals surface area contributed by atoms with E-state index in [-0.39, 0.29) is 32.0 Å². The van der Waals surface area contributed by atoms with E-state index < -0.39 is 35.2 Å². The first-order valence-corrected chi connectivity index (χ1v) is 12.4. The molecular weight excluding hydrogens is 451 g/mol. The summed E-state index contributed by atoms with van der Waals surface area (Å²) >= 11 is 0. The third-order valence-corrected chi connectivity index (χ3v) is 8.04. The molecule has 1 aromatic rings. The van der Waals surface area contributed by atoms with E-state index in [0.717, 1.165) is 5.56 Å². The molecule has 0 radical (unpaired) electrons. The van der Waals surface area contributed by atoms with Gasteiger partial charge in [-0.2, -0.15) is 5.26 Å². The number of hydrogen-bond donors (Lipinski definition) is 1. The van der Waals surface area contributed by atoms with Gasteiger partial charge in [-0.3, -0.25) is 14.5 Å². The lowest BCUT2D eigenvalue weighted by molar-refractivity contribution is -0.145. The molecule has 9 heteroatoms. The molecule has 4 fully saturated rings. The van der Waals surface area contributed by atoms with Crippen molar-refractivity contribution in [2.75, 3.05) is 19.6 Å². The van der Waals surface area contributed by atoms with Crippen LogP contribution in [-0.4, -0.2) is 65.1 Å². The predicted molar refractivity (Wildman–Crippen MR) is 126 cm³/mol. The summed E-state index contributed by atoms with van der Waals surface area (Å²) in [6.45, 7) is 2.13. The van der Waals surface area contributed by atoms with Crippen LogP contribution in [-0.2, 0) is 20.9 Å². The van der Waals surface area contributed by atoms with Crippen LogP contribution < -0.4 is 5.32 Å². The predicted octanol–water partition coefficient (Wildman–Crippen LogP) is 3.32. The van der Waals surface area contributed by atoms with Gasteiger partial charge in [0.25, 0.3) is 0 Å².